The van der Waals surface area contributed by atoms with Crippen LogP contribution in [0.15, 0.2) is 54.6 Å². The molecule has 1 fully saturated rings. The number of phenols is 1. The molecule has 2 nitrogen and oxygen atoms in total. The minimum Gasteiger partial charge on any atom is -0.508 e. The first-order valence-electron chi connectivity index (χ1n) is 7.50. The van der Waals surface area contributed by atoms with Gasteiger partial charge in [0.25, 0.3) is 0 Å². The lowest BCUT2D eigenvalue weighted by Crippen LogP contribution is -2.37. The van der Waals surface area contributed by atoms with Gasteiger partial charge in [0.15, 0.2) is 0 Å². The van der Waals surface area contributed by atoms with Crippen LogP contribution in [-0.2, 0) is 0 Å². The van der Waals surface area contributed by atoms with Crippen molar-refractivity contribution in [3.63, 3.8) is 0 Å². The van der Waals surface area contributed by atoms with E-state index in [9.17, 15) is 5.11 Å². The molecule has 1 aliphatic rings. The fraction of sp³-hybridized carbons (Fsp3) is 0.333. The van der Waals surface area contributed by atoms with Crippen LogP contribution in [0.1, 0.15) is 30.0 Å². The van der Waals surface area contributed by atoms with Gasteiger partial charge in [-0.2, -0.15) is 11.8 Å². The summed E-state index contributed by atoms with van der Waals surface area (Å²) in [4.78, 5) is 0. The van der Waals surface area contributed by atoms with Crippen molar-refractivity contribution in [1.29, 1.82) is 0 Å². The van der Waals surface area contributed by atoms with Crippen LogP contribution < -0.4 is 5.32 Å². The van der Waals surface area contributed by atoms with Gasteiger partial charge in [-0.25, -0.2) is 0 Å². The lowest BCUT2D eigenvalue weighted by atomic mass is 9.97. The Morgan fingerprint density at radius 1 is 1.00 bits per heavy atom. The van der Waals surface area contributed by atoms with Crippen molar-refractivity contribution in [2.24, 2.45) is 0 Å². The molecule has 110 valence electrons. The summed E-state index contributed by atoms with van der Waals surface area (Å²) in [5.74, 6) is 2.79. The predicted octanol–water partition coefficient (Wildman–Crippen LogP) is 3.97. The third-order valence-corrected chi connectivity index (χ3v) is 5.14. The summed E-state index contributed by atoms with van der Waals surface area (Å²) in [5.41, 5.74) is 2.48. The number of rotatable bonds is 4. The van der Waals surface area contributed by atoms with Gasteiger partial charge in [-0.3, -0.25) is 0 Å². The SMILES string of the molecule is Oc1ccc(C(NC2CCCSC2)c2ccccc2)cc1. The van der Waals surface area contributed by atoms with Gasteiger partial charge in [-0.15, -0.1) is 0 Å². The summed E-state index contributed by atoms with van der Waals surface area (Å²) in [7, 11) is 0. The van der Waals surface area contributed by atoms with E-state index in [1.165, 1.54) is 35.5 Å². The molecule has 2 unspecified atom stereocenters. The second-order valence-corrected chi connectivity index (χ2v) is 6.67. The van der Waals surface area contributed by atoms with Gasteiger partial charge in [0.05, 0.1) is 6.04 Å². The van der Waals surface area contributed by atoms with E-state index in [2.05, 4.69) is 29.6 Å². The highest BCUT2D eigenvalue weighted by Crippen LogP contribution is 2.27. The van der Waals surface area contributed by atoms with E-state index in [0.29, 0.717) is 11.8 Å². The summed E-state index contributed by atoms with van der Waals surface area (Å²) in [6, 6.07) is 18.9. The molecule has 1 heterocycles. The van der Waals surface area contributed by atoms with E-state index in [-0.39, 0.29) is 6.04 Å². The van der Waals surface area contributed by atoms with Crippen LogP contribution in [0.4, 0.5) is 0 Å². The lowest BCUT2D eigenvalue weighted by molar-refractivity contribution is 0.464. The molecule has 1 aliphatic heterocycles. The van der Waals surface area contributed by atoms with E-state index >= 15 is 0 Å². The summed E-state index contributed by atoms with van der Waals surface area (Å²) >= 11 is 2.04. The van der Waals surface area contributed by atoms with E-state index < -0.39 is 0 Å². The van der Waals surface area contributed by atoms with Crippen LogP contribution in [0, 0.1) is 0 Å². The van der Waals surface area contributed by atoms with Crippen LogP contribution in [0.5, 0.6) is 5.75 Å². The molecule has 0 aliphatic carbocycles. The van der Waals surface area contributed by atoms with Gasteiger partial charge in [0.1, 0.15) is 5.75 Å². The van der Waals surface area contributed by atoms with Gasteiger partial charge < -0.3 is 10.4 Å². The predicted molar refractivity (Wildman–Crippen MR) is 89.9 cm³/mol. The molecule has 0 aromatic heterocycles. The topological polar surface area (TPSA) is 32.3 Å². The summed E-state index contributed by atoms with van der Waals surface area (Å²) in [5, 5.41) is 13.3. The van der Waals surface area contributed by atoms with Crippen LogP contribution in [0.2, 0.25) is 0 Å². The fourth-order valence-corrected chi connectivity index (χ4v) is 3.89. The Balaban J connectivity index is 1.85. The Morgan fingerprint density at radius 2 is 1.71 bits per heavy atom. The maximum atomic E-state index is 9.51. The maximum absolute atomic E-state index is 9.51. The van der Waals surface area contributed by atoms with Crippen molar-refractivity contribution in [2.75, 3.05) is 11.5 Å². The van der Waals surface area contributed by atoms with E-state index in [0.717, 1.165) is 0 Å². The molecule has 2 atom stereocenters. The molecule has 0 spiro atoms. The Labute approximate surface area is 130 Å². The summed E-state index contributed by atoms with van der Waals surface area (Å²) in [6.45, 7) is 0. The molecular weight excluding hydrogens is 278 g/mol. The van der Waals surface area contributed by atoms with Crippen LogP contribution in [0.3, 0.4) is 0 Å². The number of hydrogen-bond donors (Lipinski definition) is 2. The minimum absolute atomic E-state index is 0.190. The van der Waals surface area contributed by atoms with Gasteiger partial charge >= 0.3 is 0 Å². The number of hydrogen-bond acceptors (Lipinski definition) is 3. The zero-order chi connectivity index (χ0) is 14.5. The average molecular weight is 299 g/mol. The minimum atomic E-state index is 0.190. The number of phenolic OH excluding ortho intramolecular Hbond substituents is 1. The standard InChI is InChI=1S/C18H21NOS/c20-17-10-8-15(9-11-17)18(14-5-2-1-3-6-14)19-16-7-4-12-21-13-16/h1-3,5-6,8-11,16,18-20H,4,7,12-13H2. The van der Waals surface area contributed by atoms with Crippen molar-refractivity contribution in [1.82, 2.24) is 5.32 Å². The number of benzene rings is 2. The van der Waals surface area contributed by atoms with Gasteiger partial charge in [-0.1, -0.05) is 42.5 Å². The fourth-order valence-electron chi connectivity index (χ4n) is 2.81. The second-order valence-electron chi connectivity index (χ2n) is 5.52. The summed E-state index contributed by atoms with van der Waals surface area (Å²) in [6.07, 6.45) is 2.54. The van der Waals surface area contributed by atoms with Crippen molar-refractivity contribution in [3.05, 3.63) is 65.7 Å². The molecule has 0 amide bonds. The molecule has 21 heavy (non-hydrogen) atoms. The van der Waals surface area contributed by atoms with Crippen LogP contribution >= 0.6 is 11.8 Å². The highest BCUT2D eigenvalue weighted by molar-refractivity contribution is 7.99. The van der Waals surface area contributed by atoms with E-state index in [4.69, 9.17) is 0 Å². The summed E-state index contributed by atoms with van der Waals surface area (Å²) < 4.78 is 0. The highest BCUT2D eigenvalue weighted by Gasteiger charge is 2.20. The largest absolute Gasteiger partial charge is 0.508 e. The molecule has 0 radical (unpaired) electrons. The Hall–Kier alpha value is -1.45. The normalized spacial score (nSPS) is 20.1. The van der Waals surface area contributed by atoms with Crippen molar-refractivity contribution in [3.8, 4) is 5.75 Å². The molecule has 1 saturated heterocycles. The van der Waals surface area contributed by atoms with Gasteiger partial charge in [-0.05, 0) is 41.9 Å². The van der Waals surface area contributed by atoms with Crippen molar-refractivity contribution < 1.29 is 5.11 Å². The van der Waals surface area contributed by atoms with Crippen LogP contribution in [0.25, 0.3) is 0 Å². The maximum Gasteiger partial charge on any atom is 0.115 e. The second kappa shape index (κ2) is 7.01. The first kappa shape index (κ1) is 14.5. The molecule has 3 rings (SSSR count). The van der Waals surface area contributed by atoms with Gasteiger partial charge in [0, 0.05) is 11.8 Å². The van der Waals surface area contributed by atoms with Crippen LogP contribution in [-0.4, -0.2) is 22.7 Å². The van der Waals surface area contributed by atoms with Gasteiger partial charge in [0.2, 0.25) is 0 Å². The quantitative estimate of drug-likeness (QED) is 0.896. The first-order valence-corrected chi connectivity index (χ1v) is 8.66. The zero-order valence-electron chi connectivity index (χ0n) is 12.0. The number of thioether (sulfide) groups is 1. The molecule has 0 saturated carbocycles. The number of nitrogens with one attached hydrogen (secondary N) is 1. The third kappa shape index (κ3) is 3.80. The smallest absolute Gasteiger partial charge is 0.115 e. The van der Waals surface area contributed by atoms with Crippen molar-refractivity contribution >= 4 is 11.8 Å². The highest BCUT2D eigenvalue weighted by atomic mass is 32.2. The van der Waals surface area contributed by atoms with E-state index in [1.54, 1.807) is 12.1 Å². The number of aromatic hydroxyl groups is 1. The average Bonchev–Trinajstić information content (AvgIpc) is 2.55. The molecule has 0 bridgehead atoms. The lowest BCUT2D eigenvalue weighted by Gasteiger charge is -2.29. The molecule has 2 aromatic carbocycles. The Morgan fingerprint density at radius 3 is 2.38 bits per heavy atom. The third-order valence-electron chi connectivity index (χ3n) is 3.92. The molecule has 2 aromatic rings. The molecule has 2 N–H and O–H groups in total. The van der Waals surface area contributed by atoms with Crippen molar-refractivity contribution in [2.45, 2.75) is 24.9 Å². The monoisotopic (exact) mass is 299 g/mol. The van der Waals surface area contributed by atoms with E-state index in [1.807, 2.05) is 30.0 Å². The molecular formula is C18H21NOS. The molecule has 3 heteroatoms. The first-order chi connectivity index (χ1) is 10.3. The Bertz CT molecular complexity index is 549. The zero-order valence-corrected chi connectivity index (χ0v) is 12.9. The Kier molecular flexibility index (Phi) is 4.84.